The number of nitrogens with zero attached hydrogens (tertiary/aromatic N) is 4. The van der Waals surface area contributed by atoms with Gasteiger partial charge < -0.3 is 18.5 Å². The topological polar surface area (TPSA) is 92.3 Å². The van der Waals surface area contributed by atoms with Crippen LogP contribution in [0.1, 0.15) is 41.2 Å². The summed E-state index contributed by atoms with van der Waals surface area (Å²) in [5.41, 5.74) is 3.40. The highest BCUT2D eigenvalue weighted by Crippen LogP contribution is 2.37. The van der Waals surface area contributed by atoms with Crippen LogP contribution in [0.2, 0.25) is 0 Å². The number of benzene rings is 2. The molecule has 2 aromatic heterocycles. The van der Waals surface area contributed by atoms with E-state index in [0.29, 0.717) is 29.2 Å². The van der Waals surface area contributed by atoms with Gasteiger partial charge in [0, 0.05) is 6.08 Å². The lowest BCUT2D eigenvalue weighted by molar-refractivity contribution is -0.274. The van der Waals surface area contributed by atoms with Crippen molar-refractivity contribution in [1.29, 1.82) is 0 Å². The average Bonchev–Trinajstić information content (AvgIpc) is 3.53. The number of hydrogen-bond donors (Lipinski definition) is 0. The van der Waals surface area contributed by atoms with E-state index in [1.165, 1.54) is 40.9 Å². The van der Waals surface area contributed by atoms with Crippen LogP contribution in [0.5, 0.6) is 11.5 Å². The van der Waals surface area contributed by atoms with Crippen molar-refractivity contribution < 1.29 is 31.6 Å². The SMILES string of the molecule is CP(C)(=O)Cn1ncc(CCCCc2ccc(OCc3coc(C=Cc4ccc(OC(F)(F)F)cc4)n3)cc2)n1. The summed E-state index contributed by atoms with van der Waals surface area (Å²) < 4.78 is 63.8. The predicted molar refractivity (Wildman–Crippen MR) is 145 cm³/mol. The molecule has 4 aromatic rings. The van der Waals surface area contributed by atoms with Gasteiger partial charge in [0.1, 0.15) is 43.5 Å². The molecule has 0 amide bonds. The molecule has 0 fully saturated rings. The molecule has 8 nitrogen and oxygen atoms in total. The molecule has 0 bridgehead atoms. The van der Waals surface area contributed by atoms with Crippen LogP contribution in [0.25, 0.3) is 12.2 Å². The van der Waals surface area contributed by atoms with Gasteiger partial charge in [-0.15, -0.1) is 13.2 Å². The maximum atomic E-state index is 12.3. The zero-order chi connectivity index (χ0) is 28.6. The summed E-state index contributed by atoms with van der Waals surface area (Å²) in [7, 11) is -2.20. The van der Waals surface area contributed by atoms with Gasteiger partial charge in [-0.25, -0.2) is 4.98 Å². The third-order valence-corrected chi connectivity index (χ3v) is 6.55. The highest BCUT2D eigenvalue weighted by Gasteiger charge is 2.30. The van der Waals surface area contributed by atoms with Crippen LogP contribution >= 0.6 is 7.14 Å². The molecule has 0 unspecified atom stereocenters. The van der Waals surface area contributed by atoms with Gasteiger partial charge in [-0.3, -0.25) is 0 Å². The van der Waals surface area contributed by atoms with E-state index in [4.69, 9.17) is 9.15 Å². The van der Waals surface area contributed by atoms with E-state index in [9.17, 15) is 17.7 Å². The molecular formula is C28H30F3N4O4P. The molecule has 0 saturated heterocycles. The van der Waals surface area contributed by atoms with Gasteiger partial charge in [0.05, 0.1) is 11.9 Å². The minimum Gasteiger partial charge on any atom is -0.487 e. The van der Waals surface area contributed by atoms with Crippen molar-refractivity contribution in [2.75, 3.05) is 13.3 Å². The molecule has 0 saturated carbocycles. The van der Waals surface area contributed by atoms with Gasteiger partial charge in [-0.05, 0) is 80.5 Å². The van der Waals surface area contributed by atoms with E-state index in [2.05, 4.69) is 19.9 Å². The van der Waals surface area contributed by atoms with Crippen LogP contribution in [0.3, 0.4) is 0 Å². The monoisotopic (exact) mass is 574 g/mol. The molecule has 2 heterocycles. The van der Waals surface area contributed by atoms with Gasteiger partial charge in [0.2, 0.25) is 5.89 Å². The predicted octanol–water partition coefficient (Wildman–Crippen LogP) is 7.06. The number of rotatable bonds is 13. The number of aromatic nitrogens is 4. The summed E-state index contributed by atoms with van der Waals surface area (Å²) in [5, 5.41) is 8.60. The second-order valence-corrected chi connectivity index (χ2v) is 13.1. The molecule has 0 spiro atoms. The quantitative estimate of drug-likeness (QED) is 0.125. The van der Waals surface area contributed by atoms with Gasteiger partial charge in [-0.2, -0.15) is 15.0 Å². The van der Waals surface area contributed by atoms with Gasteiger partial charge in [-0.1, -0.05) is 24.3 Å². The Kier molecular flexibility index (Phi) is 9.47. The molecule has 0 aliphatic heterocycles. The minimum atomic E-state index is -4.72. The van der Waals surface area contributed by atoms with Crippen molar-refractivity contribution in [2.45, 2.75) is 44.9 Å². The van der Waals surface area contributed by atoms with Crippen molar-refractivity contribution in [2.24, 2.45) is 0 Å². The largest absolute Gasteiger partial charge is 0.573 e. The standard InChI is InChI=1S/C28H30F3N4O4P/c1-40(2,36)20-35-32-17-23(34-35)6-4-3-5-21-7-12-25(13-8-21)37-18-24-19-38-27(33-24)16-11-22-9-14-26(15-10-22)39-28(29,30)31/h7-17,19H,3-6,18,20H2,1-2H3. The normalized spacial score (nSPS) is 12.2. The van der Waals surface area contributed by atoms with Gasteiger partial charge >= 0.3 is 6.36 Å². The van der Waals surface area contributed by atoms with Crippen LogP contribution in [0, 0.1) is 0 Å². The summed E-state index contributed by atoms with van der Waals surface area (Å²) in [6.07, 6.45) is 5.93. The number of unbranched alkanes of at least 4 members (excludes halogenated alkanes) is 1. The number of alkyl halides is 3. The first-order chi connectivity index (χ1) is 19.0. The Morgan fingerprint density at radius 2 is 1.65 bits per heavy atom. The molecular weight excluding hydrogens is 544 g/mol. The Hall–Kier alpha value is -3.85. The Morgan fingerprint density at radius 3 is 2.35 bits per heavy atom. The second kappa shape index (κ2) is 13.0. The molecule has 0 N–H and O–H groups in total. The molecule has 2 aromatic carbocycles. The molecule has 0 aliphatic rings. The fraction of sp³-hybridized carbons (Fsp3) is 0.321. The summed E-state index contributed by atoms with van der Waals surface area (Å²) in [6.45, 7) is 3.69. The first-order valence-electron chi connectivity index (χ1n) is 12.6. The first kappa shape index (κ1) is 29.1. The summed E-state index contributed by atoms with van der Waals surface area (Å²) in [4.78, 5) is 5.86. The fourth-order valence-corrected chi connectivity index (χ4v) is 4.52. The summed E-state index contributed by atoms with van der Waals surface area (Å²) >= 11 is 0. The highest BCUT2D eigenvalue weighted by molar-refractivity contribution is 7.61. The smallest absolute Gasteiger partial charge is 0.487 e. The van der Waals surface area contributed by atoms with E-state index in [1.54, 1.807) is 31.7 Å². The van der Waals surface area contributed by atoms with Crippen molar-refractivity contribution in [3.05, 3.63) is 89.4 Å². The first-order valence-corrected chi connectivity index (χ1v) is 15.4. The van der Waals surface area contributed by atoms with Crippen LogP contribution < -0.4 is 9.47 Å². The van der Waals surface area contributed by atoms with Crippen molar-refractivity contribution in [3.8, 4) is 11.5 Å². The molecule has 40 heavy (non-hydrogen) atoms. The van der Waals surface area contributed by atoms with E-state index in [0.717, 1.165) is 31.4 Å². The van der Waals surface area contributed by atoms with Crippen molar-refractivity contribution in [1.82, 2.24) is 20.0 Å². The Balaban J connectivity index is 1.17. The number of aryl methyl sites for hydroxylation is 2. The van der Waals surface area contributed by atoms with Crippen LogP contribution in [-0.4, -0.2) is 39.7 Å². The summed E-state index contributed by atoms with van der Waals surface area (Å²) in [6, 6.07) is 13.4. The van der Waals surface area contributed by atoms with E-state index < -0.39 is 13.5 Å². The number of oxazole rings is 1. The maximum absolute atomic E-state index is 12.3. The Bertz CT molecular complexity index is 1440. The fourth-order valence-electron chi connectivity index (χ4n) is 3.78. The number of ether oxygens (including phenoxy) is 2. The minimum absolute atomic E-state index is 0.229. The third kappa shape index (κ3) is 10.0. The zero-order valence-electron chi connectivity index (χ0n) is 22.2. The lowest BCUT2D eigenvalue weighted by Crippen LogP contribution is -2.16. The van der Waals surface area contributed by atoms with Crippen LogP contribution in [0.4, 0.5) is 13.2 Å². The molecule has 0 aliphatic carbocycles. The second-order valence-electron chi connectivity index (χ2n) is 9.69. The van der Waals surface area contributed by atoms with Crippen molar-refractivity contribution >= 4 is 19.3 Å². The number of halogens is 3. The van der Waals surface area contributed by atoms with Crippen molar-refractivity contribution in [3.63, 3.8) is 0 Å². The Morgan fingerprint density at radius 1 is 0.950 bits per heavy atom. The molecule has 12 heteroatoms. The van der Waals surface area contributed by atoms with Gasteiger partial charge in [0.25, 0.3) is 0 Å². The molecule has 4 rings (SSSR count). The molecule has 212 valence electrons. The molecule has 0 atom stereocenters. The lowest BCUT2D eigenvalue weighted by atomic mass is 10.1. The maximum Gasteiger partial charge on any atom is 0.573 e. The van der Waals surface area contributed by atoms with E-state index in [-0.39, 0.29) is 12.4 Å². The third-order valence-electron chi connectivity index (χ3n) is 5.61. The summed E-state index contributed by atoms with van der Waals surface area (Å²) in [5.74, 6) is 0.780. The number of hydrogen-bond acceptors (Lipinski definition) is 7. The van der Waals surface area contributed by atoms with Crippen LogP contribution in [0.15, 0.2) is 65.4 Å². The average molecular weight is 575 g/mol. The van der Waals surface area contributed by atoms with E-state index in [1.807, 2.05) is 24.3 Å². The highest BCUT2D eigenvalue weighted by atomic mass is 31.2. The van der Waals surface area contributed by atoms with Gasteiger partial charge in [0.15, 0.2) is 0 Å². The molecule has 0 radical (unpaired) electrons. The zero-order valence-corrected chi connectivity index (χ0v) is 23.1. The lowest BCUT2D eigenvalue weighted by Gasteiger charge is -2.08. The van der Waals surface area contributed by atoms with Crippen LogP contribution in [-0.2, 0) is 30.3 Å². The Labute approximate surface area is 230 Å². The van der Waals surface area contributed by atoms with E-state index >= 15 is 0 Å².